The van der Waals surface area contributed by atoms with Gasteiger partial charge in [-0.2, -0.15) is 0 Å². The van der Waals surface area contributed by atoms with E-state index in [-0.39, 0.29) is 23.1 Å². The number of anilines is 1. The van der Waals surface area contributed by atoms with E-state index in [1.807, 2.05) is 0 Å². The standard InChI is InChI=1S/C13H17ClN2O4S/c1-16(2)13(18)10-5-4-9(8-11(10)14)15-12(17)6-7-21(3,19)20/h4-5,8H,6-7H2,1-3H3,(H,15,17). The number of benzene rings is 1. The van der Waals surface area contributed by atoms with Crippen molar-refractivity contribution in [2.75, 3.05) is 31.4 Å². The molecule has 0 spiro atoms. The topological polar surface area (TPSA) is 83.6 Å². The van der Waals surface area contributed by atoms with Gasteiger partial charge in [0, 0.05) is 32.5 Å². The average molecular weight is 333 g/mol. The summed E-state index contributed by atoms with van der Waals surface area (Å²) in [4.78, 5) is 24.8. The summed E-state index contributed by atoms with van der Waals surface area (Å²) in [6, 6.07) is 4.51. The number of rotatable bonds is 5. The van der Waals surface area contributed by atoms with E-state index in [1.165, 1.54) is 17.0 Å². The summed E-state index contributed by atoms with van der Waals surface area (Å²) in [6.07, 6.45) is 0.938. The maximum Gasteiger partial charge on any atom is 0.254 e. The average Bonchev–Trinajstić information content (AvgIpc) is 2.35. The second kappa shape index (κ2) is 6.91. The molecule has 0 unspecified atom stereocenters. The monoisotopic (exact) mass is 332 g/mol. The molecule has 1 rings (SSSR count). The lowest BCUT2D eigenvalue weighted by atomic mass is 10.2. The van der Waals surface area contributed by atoms with E-state index in [0.29, 0.717) is 11.3 Å². The molecular weight excluding hydrogens is 316 g/mol. The van der Waals surface area contributed by atoms with Crippen molar-refractivity contribution in [3.05, 3.63) is 28.8 Å². The van der Waals surface area contributed by atoms with E-state index >= 15 is 0 Å². The summed E-state index contributed by atoms with van der Waals surface area (Å²) in [7, 11) is 0.0371. The van der Waals surface area contributed by atoms with Gasteiger partial charge in [0.15, 0.2) is 0 Å². The molecule has 0 aromatic heterocycles. The smallest absolute Gasteiger partial charge is 0.254 e. The maximum atomic E-state index is 11.8. The van der Waals surface area contributed by atoms with Crippen molar-refractivity contribution in [3.63, 3.8) is 0 Å². The number of hydrogen-bond donors (Lipinski definition) is 1. The van der Waals surface area contributed by atoms with Crippen molar-refractivity contribution < 1.29 is 18.0 Å². The fraction of sp³-hybridized carbons (Fsp3) is 0.385. The SMILES string of the molecule is CN(C)C(=O)c1ccc(NC(=O)CCS(C)(=O)=O)cc1Cl. The number of carbonyl (C=O) groups excluding carboxylic acids is 2. The van der Waals surface area contributed by atoms with Crippen LogP contribution in [0, 0.1) is 0 Å². The number of amides is 2. The minimum Gasteiger partial charge on any atom is -0.345 e. The summed E-state index contributed by atoms with van der Waals surface area (Å²) in [5.41, 5.74) is 0.740. The fourth-order valence-electron chi connectivity index (χ4n) is 1.51. The molecule has 0 saturated heterocycles. The van der Waals surface area contributed by atoms with E-state index in [0.717, 1.165) is 6.26 Å². The molecule has 2 amide bonds. The number of carbonyl (C=O) groups is 2. The molecule has 1 aromatic rings. The molecule has 0 aliphatic carbocycles. The van der Waals surface area contributed by atoms with Crippen molar-refractivity contribution in [3.8, 4) is 0 Å². The lowest BCUT2D eigenvalue weighted by Crippen LogP contribution is -2.22. The van der Waals surface area contributed by atoms with Crippen LogP contribution in [-0.2, 0) is 14.6 Å². The predicted molar refractivity (Wildman–Crippen MR) is 82.4 cm³/mol. The Labute approximate surface area is 129 Å². The molecule has 21 heavy (non-hydrogen) atoms. The number of nitrogens with zero attached hydrogens (tertiary/aromatic N) is 1. The summed E-state index contributed by atoms with van der Waals surface area (Å²) < 4.78 is 22.0. The Hall–Kier alpha value is -1.60. The first-order chi connectivity index (χ1) is 9.60. The summed E-state index contributed by atoms with van der Waals surface area (Å²) >= 11 is 6.01. The van der Waals surface area contributed by atoms with Crippen molar-refractivity contribution in [2.24, 2.45) is 0 Å². The molecule has 0 aliphatic heterocycles. The van der Waals surface area contributed by atoms with Crippen LogP contribution in [0.4, 0.5) is 5.69 Å². The van der Waals surface area contributed by atoms with Gasteiger partial charge >= 0.3 is 0 Å². The van der Waals surface area contributed by atoms with E-state index < -0.39 is 15.7 Å². The molecule has 1 aromatic carbocycles. The third-order valence-electron chi connectivity index (χ3n) is 2.59. The first kappa shape index (κ1) is 17.5. The Balaban J connectivity index is 2.76. The highest BCUT2D eigenvalue weighted by atomic mass is 35.5. The van der Waals surface area contributed by atoms with Gasteiger partial charge in [0.2, 0.25) is 5.91 Å². The molecular formula is C13H17ClN2O4S. The Kier molecular flexibility index (Phi) is 5.74. The molecule has 0 heterocycles. The highest BCUT2D eigenvalue weighted by Crippen LogP contribution is 2.22. The van der Waals surface area contributed by atoms with Crippen LogP contribution in [-0.4, -0.2) is 51.2 Å². The van der Waals surface area contributed by atoms with Gasteiger partial charge in [0.05, 0.1) is 16.3 Å². The van der Waals surface area contributed by atoms with E-state index in [9.17, 15) is 18.0 Å². The first-order valence-corrected chi connectivity index (χ1v) is 8.53. The van der Waals surface area contributed by atoms with Crippen LogP contribution in [0.15, 0.2) is 18.2 Å². The minimum absolute atomic E-state index is 0.130. The fourth-order valence-corrected chi connectivity index (χ4v) is 2.33. The number of hydrogen-bond acceptors (Lipinski definition) is 4. The predicted octanol–water partition coefficient (Wildman–Crippen LogP) is 1.41. The van der Waals surface area contributed by atoms with Crippen LogP contribution in [0.1, 0.15) is 16.8 Å². The van der Waals surface area contributed by atoms with Gasteiger partial charge in [0.1, 0.15) is 9.84 Å². The summed E-state index contributed by atoms with van der Waals surface area (Å²) in [5, 5.41) is 2.76. The summed E-state index contributed by atoms with van der Waals surface area (Å²) in [5.74, 6) is -0.887. The van der Waals surface area contributed by atoms with Gasteiger partial charge in [-0.05, 0) is 18.2 Å². The van der Waals surface area contributed by atoms with Crippen LogP contribution in [0.2, 0.25) is 5.02 Å². The highest BCUT2D eigenvalue weighted by molar-refractivity contribution is 7.90. The Morgan fingerprint density at radius 2 is 1.90 bits per heavy atom. The Morgan fingerprint density at radius 1 is 1.29 bits per heavy atom. The van der Waals surface area contributed by atoms with Crippen LogP contribution >= 0.6 is 11.6 Å². The zero-order valence-electron chi connectivity index (χ0n) is 12.0. The van der Waals surface area contributed by atoms with Gasteiger partial charge in [0.25, 0.3) is 5.91 Å². The van der Waals surface area contributed by atoms with Crippen molar-refractivity contribution in [1.29, 1.82) is 0 Å². The second-order valence-corrected chi connectivity index (χ2v) is 7.49. The van der Waals surface area contributed by atoms with Gasteiger partial charge in [-0.3, -0.25) is 9.59 Å². The third-order valence-corrected chi connectivity index (χ3v) is 3.85. The van der Waals surface area contributed by atoms with Crippen LogP contribution in [0.25, 0.3) is 0 Å². The van der Waals surface area contributed by atoms with Crippen LogP contribution in [0.3, 0.4) is 0 Å². The van der Waals surface area contributed by atoms with Gasteiger partial charge < -0.3 is 10.2 Å². The molecule has 0 atom stereocenters. The molecule has 1 N–H and O–H groups in total. The van der Waals surface area contributed by atoms with E-state index in [1.54, 1.807) is 20.2 Å². The molecule has 0 bridgehead atoms. The lowest BCUT2D eigenvalue weighted by molar-refractivity contribution is -0.115. The van der Waals surface area contributed by atoms with Crippen LogP contribution < -0.4 is 5.32 Å². The second-order valence-electron chi connectivity index (χ2n) is 4.82. The minimum atomic E-state index is -3.18. The van der Waals surface area contributed by atoms with E-state index in [4.69, 9.17) is 11.6 Å². The Bertz CT molecular complexity index is 656. The van der Waals surface area contributed by atoms with E-state index in [2.05, 4.69) is 5.32 Å². The largest absolute Gasteiger partial charge is 0.345 e. The van der Waals surface area contributed by atoms with Crippen molar-refractivity contribution in [2.45, 2.75) is 6.42 Å². The maximum absolute atomic E-state index is 11.8. The number of nitrogens with one attached hydrogen (secondary N) is 1. The van der Waals surface area contributed by atoms with Crippen LogP contribution in [0.5, 0.6) is 0 Å². The molecule has 0 aliphatic rings. The van der Waals surface area contributed by atoms with Crippen molar-refractivity contribution >= 4 is 38.9 Å². The molecule has 8 heteroatoms. The normalized spacial score (nSPS) is 11.0. The number of sulfone groups is 1. The lowest BCUT2D eigenvalue weighted by Gasteiger charge is -2.12. The van der Waals surface area contributed by atoms with Crippen molar-refractivity contribution in [1.82, 2.24) is 4.90 Å². The number of halogens is 1. The quantitative estimate of drug-likeness (QED) is 0.883. The zero-order chi connectivity index (χ0) is 16.2. The molecule has 6 nitrogen and oxygen atoms in total. The molecule has 0 radical (unpaired) electrons. The third kappa shape index (κ3) is 5.73. The summed E-state index contributed by atoms with van der Waals surface area (Å²) in [6.45, 7) is 0. The Morgan fingerprint density at radius 3 is 2.38 bits per heavy atom. The molecule has 0 fully saturated rings. The molecule has 0 saturated carbocycles. The first-order valence-electron chi connectivity index (χ1n) is 6.09. The molecule has 116 valence electrons. The zero-order valence-corrected chi connectivity index (χ0v) is 13.6. The van der Waals surface area contributed by atoms with Gasteiger partial charge in [-0.1, -0.05) is 11.6 Å². The van der Waals surface area contributed by atoms with Gasteiger partial charge in [-0.25, -0.2) is 8.42 Å². The van der Waals surface area contributed by atoms with Gasteiger partial charge in [-0.15, -0.1) is 0 Å². The highest BCUT2D eigenvalue weighted by Gasteiger charge is 2.14.